The van der Waals surface area contributed by atoms with Crippen LogP contribution in [0.4, 0.5) is 13.2 Å². The summed E-state index contributed by atoms with van der Waals surface area (Å²) >= 11 is 1.43. The van der Waals surface area contributed by atoms with Gasteiger partial charge in [0, 0.05) is 18.5 Å². The zero-order valence-electron chi connectivity index (χ0n) is 13.4. The highest BCUT2D eigenvalue weighted by molar-refractivity contribution is 7.98. The summed E-state index contributed by atoms with van der Waals surface area (Å²) in [6.07, 6.45) is -2.62. The maximum absolute atomic E-state index is 12.6. The number of nitrogens with zero attached hydrogens (tertiary/aromatic N) is 4. The molecule has 4 nitrogen and oxygen atoms in total. The highest BCUT2D eigenvalue weighted by Crippen LogP contribution is 2.30. The van der Waals surface area contributed by atoms with E-state index in [1.807, 2.05) is 29.7 Å². The quantitative estimate of drug-likeness (QED) is 0.617. The van der Waals surface area contributed by atoms with E-state index in [0.29, 0.717) is 23.3 Å². The van der Waals surface area contributed by atoms with Crippen molar-refractivity contribution >= 4 is 11.8 Å². The van der Waals surface area contributed by atoms with Crippen LogP contribution in [0.5, 0.6) is 0 Å². The lowest BCUT2D eigenvalue weighted by atomic mass is 10.1. The van der Waals surface area contributed by atoms with E-state index in [-0.39, 0.29) is 0 Å². The Morgan fingerprint density at radius 3 is 2.40 bits per heavy atom. The Morgan fingerprint density at radius 1 is 1.04 bits per heavy atom. The molecule has 0 amide bonds. The van der Waals surface area contributed by atoms with Crippen molar-refractivity contribution in [2.24, 2.45) is 0 Å². The summed E-state index contributed by atoms with van der Waals surface area (Å²) in [5.74, 6) is 1.19. The van der Waals surface area contributed by atoms with Crippen LogP contribution in [0, 0.1) is 0 Å². The van der Waals surface area contributed by atoms with Crippen LogP contribution in [0.25, 0.3) is 11.5 Å². The van der Waals surface area contributed by atoms with E-state index in [9.17, 15) is 13.2 Å². The Labute approximate surface area is 147 Å². The minimum atomic E-state index is -4.31. The third-order valence-electron chi connectivity index (χ3n) is 3.58. The third kappa shape index (κ3) is 4.01. The van der Waals surface area contributed by atoms with Crippen molar-refractivity contribution in [3.63, 3.8) is 0 Å². The molecule has 2 aromatic heterocycles. The van der Waals surface area contributed by atoms with E-state index in [4.69, 9.17) is 0 Å². The van der Waals surface area contributed by atoms with E-state index in [1.165, 1.54) is 23.9 Å². The van der Waals surface area contributed by atoms with Crippen molar-refractivity contribution in [1.82, 2.24) is 19.7 Å². The van der Waals surface area contributed by atoms with E-state index >= 15 is 0 Å². The molecule has 0 aliphatic carbocycles. The van der Waals surface area contributed by atoms with Gasteiger partial charge < -0.3 is 4.57 Å². The Morgan fingerprint density at radius 2 is 1.80 bits per heavy atom. The number of aromatic nitrogens is 4. The lowest BCUT2D eigenvalue weighted by molar-refractivity contribution is -0.137. The minimum Gasteiger partial charge on any atom is -0.301 e. The highest BCUT2D eigenvalue weighted by atomic mass is 32.2. The van der Waals surface area contributed by atoms with Crippen molar-refractivity contribution in [2.45, 2.75) is 30.6 Å². The summed E-state index contributed by atoms with van der Waals surface area (Å²) in [7, 11) is 0. The molecule has 3 rings (SSSR count). The fraction of sp³-hybridized carbons (Fsp3) is 0.235. The molecule has 1 aromatic carbocycles. The largest absolute Gasteiger partial charge is 0.416 e. The van der Waals surface area contributed by atoms with Crippen LogP contribution in [0.15, 0.2) is 53.8 Å². The zero-order chi connectivity index (χ0) is 17.9. The van der Waals surface area contributed by atoms with Gasteiger partial charge in [0.25, 0.3) is 0 Å². The van der Waals surface area contributed by atoms with Gasteiger partial charge in [0.05, 0.1) is 5.56 Å². The number of rotatable bonds is 5. The number of alkyl halides is 3. The fourth-order valence-electron chi connectivity index (χ4n) is 2.30. The molecule has 0 unspecified atom stereocenters. The Bertz CT molecular complexity index is 829. The average molecular weight is 364 g/mol. The first-order chi connectivity index (χ1) is 12.0. The molecule has 0 aliphatic heterocycles. The Balaban J connectivity index is 1.75. The molecule has 0 spiro atoms. The number of thioether (sulfide) groups is 1. The van der Waals surface area contributed by atoms with E-state index < -0.39 is 11.7 Å². The summed E-state index contributed by atoms with van der Waals surface area (Å²) in [5.41, 5.74) is 0.886. The Kier molecular flexibility index (Phi) is 5.08. The lowest BCUT2D eigenvalue weighted by Gasteiger charge is -2.08. The molecule has 0 aliphatic rings. The van der Waals surface area contributed by atoms with Gasteiger partial charge in [0.15, 0.2) is 11.0 Å². The predicted octanol–water partition coefficient (Wildman–Crippen LogP) is 4.67. The molecular weight excluding hydrogens is 349 g/mol. The van der Waals surface area contributed by atoms with Crippen LogP contribution in [0.1, 0.15) is 18.1 Å². The van der Waals surface area contributed by atoms with Crippen LogP contribution in [0.2, 0.25) is 0 Å². The normalized spacial score (nSPS) is 11.7. The topological polar surface area (TPSA) is 43.6 Å². The zero-order valence-corrected chi connectivity index (χ0v) is 14.2. The smallest absolute Gasteiger partial charge is 0.301 e. The first-order valence-corrected chi connectivity index (χ1v) is 8.61. The fourth-order valence-corrected chi connectivity index (χ4v) is 3.26. The van der Waals surface area contributed by atoms with Crippen molar-refractivity contribution in [3.05, 3.63) is 59.8 Å². The van der Waals surface area contributed by atoms with Gasteiger partial charge in [-0.3, -0.25) is 4.98 Å². The highest BCUT2D eigenvalue weighted by Gasteiger charge is 2.29. The SMILES string of the molecule is CCn1c(SCc2ccc(C(F)(F)F)cc2)nnc1-c1ccccn1. The molecule has 0 saturated heterocycles. The van der Waals surface area contributed by atoms with Crippen molar-refractivity contribution in [2.75, 3.05) is 0 Å². The van der Waals surface area contributed by atoms with E-state index in [2.05, 4.69) is 15.2 Å². The molecule has 130 valence electrons. The van der Waals surface area contributed by atoms with E-state index in [1.54, 1.807) is 6.20 Å². The molecule has 0 bridgehead atoms. The van der Waals surface area contributed by atoms with Crippen LogP contribution in [0.3, 0.4) is 0 Å². The molecule has 0 atom stereocenters. The number of hydrogen-bond acceptors (Lipinski definition) is 4. The van der Waals surface area contributed by atoms with Crippen LogP contribution in [-0.2, 0) is 18.5 Å². The summed E-state index contributed by atoms with van der Waals surface area (Å²) in [6.45, 7) is 2.66. The molecule has 0 fully saturated rings. The maximum Gasteiger partial charge on any atom is 0.416 e. The summed E-state index contributed by atoms with van der Waals surface area (Å²) in [6, 6.07) is 10.7. The number of halogens is 3. The molecule has 8 heteroatoms. The molecule has 0 saturated carbocycles. The van der Waals surface area contributed by atoms with Crippen molar-refractivity contribution < 1.29 is 13.2 Å². The van der Waals surface area contributed by atoms with Gasteiger partial charge in [0.1, 0.15) is 5.69 Å². The van der Waals surface area contributed by atoms with Crippen molar-refractivity contribution in [3.8, 4) is 11.5 Å². The molecule has 3 aromatic rings. The van der Waals surface area contributed by atoms with E-state index in [0.717, 1.165) is 23.4 Å². The first kappa shape index (κ1) is 17.5. The second-order valence-corrected chi connectivity index (χ2v) is 6.19. The van der Waals surface area contributed by atoms with Gasteiger partial charge in [0.2, 0.25) is 0 Å². The summed E-state index contributed by atoms with van der Waals surface area (Å²) in [4.78, 5) is 4.28. The number of pyridine rings is 1. The predicted molar refractivity (Wildman–Crippen MR) is 89.9 cm³/mol. The number of hydrogen-bond donors (Lipinski definition) is 0. The molecule has 25 heavy (non-hydrogen) atoms. The standard InChI is InChI=1S/C17H15F3N4S/c1-2-24-15(14-5-3-4-10-21-14)22-23-16(24)25-11-12-6-8-13(9-7-12)17(18,19)20/h3-10H,2,11H2,1H3. The van der Waals surface area contributed by atoms with Crippen molar-refractivity contribution in [1.29, 1.82) is 0 Å². The number of benzene rings is 1. The molecule has 2 heterocycles. The molecule has 0 N–H and O–H groups in total. The molecular formula is C17H15F3N4S. The maximum atomic E-state index is 12.6. The van der Waals surface area contributed by atoms with Crippen LogP contribution >= 0.6 is 11.8 Å². The third-order valence-corrected chi connectivity index (χ3v) is 4.61. The van der Waals surface area contributed by atoms with Gasteiger partial charge in [-0.05, 0) is 36.8 Å². The Hall–Kier alpha value is -2.35. The van der Waals surface area contributed by atoms with Gasteiger partial charge in [-0.25, -0.2) is 0 Å². The summed E-state index contributed by atoms with van der Waals surface area (Å²) < 4.78 is 39.7. The molecule has 0 radical (unpaired) electrons. The van der Waals surface area contributed by atoms with Gasteiger partial charge in [-0.2, -0.15) is 13.2 Å². The van der Waals surface area contributed by atoms with Gasteiger partial charge >= 0.3 is 6.18 Å². The lowest BCUT2D eigenvalue weighted by Crippen LogP contribution is -2.04. The monoisotopic (exact) mass is 364 g/mol. The van der Waals surface area contributed by atoms with Gasteiger partial charge in [-0.15, -0.1) is 10.2 Å². The second-order valence-electron chi connectivity index (χ2n) is 5.25. The minimum absolute atomic E-state index is 0.512. The van der Waals surface area contributed by atoms with Crippen LogP contribution < -0.4 is 0 Å². The summed E-state index contributed by atoms with van der Waals surface area (Å²) in [5, 5.41) is 9.10. The average Bonchev–Trinajstić information content (AvgIpc) is 3.03. The van der Waals surface area contributed by atoms with Crippen LogP contribution in [-0.4, -0.2) is 19.7 Å². The second kappa shape index (κ2) is 7.26. The van der Waals surface area contributed by atoms with Gasteiger partial charge in [-0.1, -0.05) is 30.0 Å². The first-order valence-electron chi connectivity index (χ1n) is 7.62.